The highest BCUT2D eigenvalue weighted by atomic mass is 16.6. The molecule has 0 fully saturated rings. The van der Waals surface area contributed by atoms with Crippen LogP contribution in [-0.2, 0) is 4.79 Å². The second-order valence-electron chi connectivity index (χ2n) is 5.33. The van der Waals surface area contributed by atoms with Crippen LogP contribution < -0.4 is 19.7 Å². The Labute approximate surface area is 140 Å². The number of hydrogen-bond donors (Lipinski definition) is 1. The van der Waals surface area contributed by atoms with Gasteiger partial charge in [0.15, 0.2) is 11.5 Å². The highest BCUT2D eigenvalue weighted by molar-refractivity contribution is 6.00. The van der Waals surface area contributed by atoms with Crippen molar-refractivity contribution in [3.8, 4) is 11.5 Å². The van der Waals surface area contributed by atoms with E-state index in [1.807, 2.05) is 6.07 Å². The summed E-state index contributed by atoms with van der Waals surface area (Å²) in [5.74, 6) is 0.783. The Kier molecular flexibility index (Phi) is 4.65. The fourth-order valence-electron chi connectivity index (χ4n) is 2.35. The Bertz CT molecular complexity index is 746. The summed E-state index contributed by atoms with van der Waals surface area (Å²) < 4.78 is 11.0. The van der Waals surface area contributed by atoms with E-state index >= 15 is 0 Å². The van der Waals surface area contributed by atoms with Crippen molar-refractivity contribution in [1.29, 1.82) is 0 Å². The maximum absolute atomic E-state index is 12.3. The molecule has 24 heavy (non-hydrogen) atoms. The van der Waals surface area contributed by atoms with Crippen molar-refractivity contribution >= 4 is 17.5 Å². The maximum atomic E-state index is 12.3. The summed E-state index contributed by atoms with van der Waals surface area (Å²) in [4.78, 5) is 25.7. The molecule has 0 radical (unpaired) electrons. The summed E-state index contributed by atoms with van der Waals surface area (Å²) >= 11 is 0. The smallest absolute Gasteiger partial charge is 0.251 e. The molecule has 0 saturated carbocycles. The molecule has 6 heteroatoms. The van der Waals surface area contributed by atoms with Crippen LogP contribution in [0.3, 0.4) is 0 Å². The van der Waals surface area contributed by atoms with Gasteiger partial charge in [-0.05, 0) is 24.3 Å². The molecule has 6 nitrogen and oxygen atoms in total. The molecule has 0 saturated heterocycles. The Morgan fingerprint density at radius 3 is 2.50 bits per heavy atom. The molecule has 0 atom stereocenters. The number of benzene rings is 2. The maximum Gasteiger partial charge on any atom is 0.251 e. The van der Waals surface area contributed by atoms with E-state index in [1.165, 1.54) is 4.90 Å². The van der Waals surface area contributed by atoms with E-state index in [9.17, 15) is 9.59 Å². The van der Waals surface area contributed by atoms with Gasteiger partial charge in [0.05, 0.1) is 6.54 Å². The monoisotopic (exact) mass is 326 g/mol. The van der Waals surface area contributed by atoms with Gasteiger partial charge in [-0.1, -0.05) is 18.2 Å². The van der Waals surface area contributed by atoms with Crippen molar-refractivity contribution in [3.63, 3.8) is 0 Å². The normalized spacial score (nSPS) is 12.4. The van der Waals surface area contributed by atoms with Crippen molar-refractivity contribution in [1.82, 2.24) is 5.32 Å². The fraction of sp³-hybridized carbons (Fsp3) is 0.222. The third-order valence-corrected chi connectivity index (χ3v) is 3.72. The molecular formula is C18H18N2O4. The van der Waals surface area contributed by atoms with Crippen LogP contribution in [0, 0.1) is 0 Å². The van der Waals surface area contributed by atoms with E-state index in [0.717, 1.165) is 0 Å². The average Bonchev–Trinajstić information content (AvgIpc) is 2.65. The number of amides is 2. The van der Waals surface area contributed by atoms with Crippen molar-refractivity contribution in [2.75, 3.05) is 31.7 Å². The van der Waals surface area contributed by atoms with Crippen molar-refractivity contribution in [3.05, 3.63) is 54.1 Å². The van der Waals surface area contributed by atoms with Crippen LogP contribution in [0.5, 0.6) is 11.5 Å². The summed E-state index contributed by atoms with van der Waals surface area (Å²) in [6, 6.07) is 14.1. The molecule has 0 aromatic heterocycles. The average molecular weight is 326 g/mol. The van der Waals surface area contributed by atoms with E-state index in [0.29, 0.717) is 36.0 Å². The first-order chi connectivity index (χ1) is 11.6. The van der Waals surface area contributed by atoms with Crippen LogP contribution in [-0.4, -0.2) is 38.6 Å². The van der Waals surface area contributed by atoms with Gasteiger partial charge < -0.3 is 19.7 Å². The summed E-state index contributed by atoms with van der Waals surface area (Å²) in [5, 5.41) is 2.63. The lowest BCUT2D eigenvalue weighted by molar-refractivity contribution is -0.117. The molecule has 1 aliphatic heterocycles. The number of carbonyl (C=O) groups excluding carboxylic acids is 2. The molecule has 1 aliphatic rings. The number of hydrogen-bond acceptors (Lipinski definition) is 4. The second kappa shape index (κ2) is 7.04. The van der Waals surface area contributed by atoms with Gasteiger partial charge in [-0.3, -0.25) is 9.59 Å². The zero-order valence-electron chi connectivity index (χ0n) is 13.3. The quantitative estimate of drug-likeness (QED) is 0.931. The van der Waals surface area contributed by atoms with Gasteiger partial charge in [0.25, 0.3) is 5.91 Å². The molecule has 2 aromatic carbocycles. The number of rotatable bonds is 4. The minimum Gasteiger partial charge on any atom is -0.486 e. The first-order valence-corrected chi connectivity index (χ1v) is 7.64. The molecule has 2 aromatic rings. The van der Waals surface area contributed by atoms with E-state index in [4.69, 9.17) is 9.47 Å². The van der Waals surface area contributed by atoms with Crippen LogP contribution in [0.4, 0.5) is 5.69 Å². The van der Waals surface area contributed by atoms with Crippen LogP contribution in [0.1, 0.15) is 10.4 Å². The Morgan fingerprint density at radius 1 is 1.04 bits per heavy atom. The van der Waals surface area contributed by atoms with E-state index in [2.05, 4.69) is 5.32 Å². The SMILES string of the molecule is CN(C(=O)CNC(=O)c1ccccc1)c1ccc2c(c1)OCCO2. The number of likely N-dealkylation sites (N-methyl/N-ethyl adjacent to an activating group) is 1. The summed E-state index contributed by atoms with van der Waals surface area (Å²) in [6.45, 7) is 0.923. The van der Waals surface area contributed by atoms with Gasteiger partial charge in [-0.2, -0.15) is 0 Å². The van der Waals surface area contributed by atoms with E-state index in [-0.39, 0.29) is 18.4 Å². The van der Waals surface area contributed by atoms with Crippen LogP contribution >= 0.6 is 0 Å². The third-order valence-electron chi connectivity index (χ3n) is 3.72. The first kappa shape index (κ1) is 15.9. The lowest BCUT2D eigenvalue weighted by Gasteiger charge is -2.22. The molecule has 1 heterocycles. The number of nitrogens with zero attached hydrogens (tertiary/aromatic N) is 1. The van der Waals surface area contributed by atoms with Gasteiger partial charge in [0.1, 0.15) is 13.2 Å². The van der Waals surface area contributed by atoms with Crippen LogP contribution in [0.25, 0.3) is 0 Å². The van der Waals surface area contributed by atoms with E-state index in [1.54, 1.807) is 49.5 Å². The van der Waals surface area contributed by atoms with Gasteiger partial charge in [-0.15, -0.1) is 0 Å². The van der Waals surface area contributed by atoms with Gasteiger partial charge in [0.2, 0.25) is 5.91 Å². The predicted octanol–water partition coefficient (Wildman–Crippen LogP) is 1.85. The molecule has 0 bridgehead atoms. The predicted molar refractivity (Wildman–Crippen MR) is 89.6 cm³/mol. The number of anilines is 1. The minimum absolute atomic E-state index is 0.0847. The van der Waals surface area contributed by atoms with E-state index < -0.39 is 0 Å². The van der Waals surface area contributed by atoms with Crippen molar-refractivity contribution in [2.24, 2.45) is 0 Å². The third kappa shape index (κ3) is 3.48. The standard InChI is InChI=1S/C18H18N2O4/c1-20(14-7-8-15-16(11-14)24-10-9-23-15)17(21)12-19-18(22)13-5-3-2-4-6-13/h2-8,11H,9-10,12H2,1H3,(H,19,22). The topological polar surface area (TPSA) is 67.9 Å². The zero-order valence-corrected chi connectivity index (χ0v) is 13.3. The molecule has 3 rings (SSSR count). The molecule has 0 aliphatic carbocycles. The Hall–Kier alpha value is -3.02. The lowest BCUT2D eigenvalue weighted by Crippen LogP contribution is -2.38. The first-order valence-electron chi connectivity index (χ1n) is 7.64. The Balaban J connectivity index is 1.61. The summed E-state index contributed by atoms with van der Waals surface area (Å²) in [5.41, 5.74) is 1.20. The van der Waals surface area contributed by atoms with Crippen molar-refractivity contribution < 1.29 is 19.1 Å². The molecule has 2 amide bonds. The van der Waals surface area contributed by atoms with Crippen molar-refractivity contribution in [2.45, 2.75) is 0 Å². The molecule has 0 unspecified atom stereocenters. The van der Waals surface area contributed by atoms with Crippen LogP contribution in [0.2, 0.25) is 0 Å². The second-order valence-corrected chi connectivity index (χ2v) is 5.33. The summed E-state index contributed by atoms with van der Waals surface area (Å²) in [7, 11) is 1.66. The van der Waals surface area contributed by atoms with Gasteiger partial charge in [-0.25, -0.2) is 0 Å². The number of nitrogens with one attached hydrogen (secondary N) is 1. The number of ether oxygens (including phenoxy) is 2. The fourth-order valence-corrected chi connectivity index (χ4v) is 2.35. The molecule has 124 valence electrons. The van der Waals surface area contributed by atoms with Gasteiger partial charge in [0, 0.05) is 24.4 Å². The minimum atomic E-state index is -0.278. The largest absolute Gasteiger partial charge is 0.486 e. The summed E-state index contributed by atoms with van der Waals surface area (Å²) in [6.07, 6.45) is 0. The molecule has 0 spiro atoms. The molecule has 1 N–H and O–H groups in total. The Morgan fingerprint density at radius 2 is 1.75 bits per heavy atom. The molecular weight excluding hydrogens is 308 g/mol. The highest BCUT2D eigenvalue weighted by Gasteiger charge is 2.17. The zero-order chi connectivity index (χ0) is 16.9. The number of carbonyl (C=O) groups is 2. The van der Waals surface area contributed by atoms with Crippen LogP contribution in [0.15, 0.2) is 48.5 Å². The highest BCUT2D eigenvalue weighted by Crippen LogP contribution is 2.33. The van der Waals surface area contributed by atoms with Gasteiger partial charge >= 0.3 is 0 Å². The number of fused-ring (bicyclic) bond motifs is 1. The lowest BCUT2D eigenvalue weighted by atomic mass is 10.2.